The topological polar surface area (TPSA) is 82.1 Å². The summed E-state index contributed by atoms with van der Waals surface area (Å²) in [5, 5.41) is 0. The van der Waals surface area contributed by atoms with Crippen molar-refractivity contribution in [1.29, 1.82) is 0 Å². The second-order valence-corrected chi connectivity index (χ2v) is 10.2. The number of ether oxygens (including phenoxy) is 2. The minimum Gasteiger partial charge on any atom is -0.444 e. The third-order valence-corrected chi connectivity index (χ3v) is 6.02. The van der Waals surface area contributed by atoms with Crippen LogP contribution in [0.3, 0.4) is 0 Å². The molecular weight excluding hydrogens is 438 g/mol. The molecule has 2 atom stereocenters. The third-order valence-electron chi connectivity index (χ3n) is 3.81. The number of nitrogens with zero attached hydrogens (tertiary/aromatic N) is 1. The number of benzene rings is 1. The molecule has 0 saturated carbocycles. The number of alkyl halides is 1. The van der Waals surface area contributed by atoms with Crippen LogP contribution in [-0.2, 0) is 23.8 Å². The number of hydrogen-bond donors (Lipinski definition) is 0. The average Bonchev–Trinajstić information content (AvgIpc) is 2.92. The molecule has 1 aromatic carbocycles. The first-order chi connectivity index (χ1) is 12.5. The zero-order valence-electron chi connectivity index (χ0n) is 16.0. The zero-order chi connectivity index (χ0) is 20.2. The Kier molecular flexibility index (Phi) is 7.29. The largest absolute Gasteiger partial charge is 0.444 e. The van der Waals surface area contributed by atoms with E-state index in [2.05, 4.69) is 15.9 Å². The molecule has 9 heteroatoms. The van der Waals surface area contributed by atoms with Crippen LogP contribution in [0.1, 0.15) is 26.3 Å². The number of hydrogen-bond acceptors (Lipinski definition) is 6. The Morgan fingerprint density at radius 1 is 1.19 bits per heavy atom. The summed E-state index contributed by atoms with van der Waals surface area (Å²) in [5.74, 6) is 0. The third kappa shape index (κ3) is 6.74. The summed E-state index contributed by atoms with van der Waals surface area (Å²) in [6.45, 7) is 8.14. The minimum absolute atomic E-state index is 0.0567. The molecule has 0 N–H and O–H groups in total. The quantitative estimate of drug-likeness (QED) is 0.366. The molecule has 1 amide bonds. The van der Waals surface area contributed by atoms with Gasteiger partial charge in [0.05, 0.1) is 35.6 Å². The molecule has 0 spiro atoms. The van der Waals surface area contributed by atoms with Gasteiger partial charge in [-0.05, 0) is 39.8 Å². The minimum atomic E-state index is -3.81. The van der Waals surface area contributed by atoms with Crippen molar-refractivity contribution in [3.8, 4) is 0 Å². The molecular formula is C18H26BrNO6S. The van der Waals surface area contributed by atoms with Crippen LogP contribution < -0.4 is 0 Å². The van der Waals surface area contributed by atoms with Gasteiger partial charge in [0.25, 0.3) is 10.1 Å². The van der Waals surface area contributed by atoms with Crippen molar-refractivity contribution in [1.82, 2.24) is 4.90 Å². The summed E-state index contributed by atoms with van der Waals surface area (Å²) >= 11 is 3.49. The van der Waals surface area contributed by atoms with Gasteiger partial charge in [-0.2, -0.15) is 8.42 Å². The molecule has 27 heavy (non-hydrogen) atoms. The lowest BCUT2D eigenvalue weighted by Crippen LogP contribution is -2.36. The van der Waals surface area contributed by atoms with Crippen LogP contribution in [0.4, 0.5) is 4.79 Å². The maximum absolute atomic E-state index is 12.1. The number of aryl methyl sites for hydroxylation is 1. The second-order valence-electron chi connectivity index (χ2n) is 7.40. The molecule has 0 aromatic heterocycles. The first kappa shape index (κ1) is 22.1. The van der Waals surface area contributed by atoms with E-state index in [1.54, 1.807) is 17.0 Å². The van der Waals surface area contributed by atoms with Gasteiger partial charge in [-0.1, -0.05) is 33.6 Å². The normalized spacial score (nSPS) is 20.7. The van der Waals surface area contributed by atoms with E-state index in [0.29, 0.717) is 13.1 Å². The van der Waals surface area contributed by atoms with E-state index in [1.165, 1.54) is 12.1 Å². The fourth-order valence-corrected chi connectivity index (χ4v) is 4.05. The van der Waals surface area contributed by atoms with Crippen LogP contribution in [-0.4, -0.2) is 62.2 Å². The van der Waals surface area contributed by atoms with Crippen LogP contribution in [0.25, 0.3) is 0 Å². The molecule has 1 fully saturated rings. The van der Waals surface area contributed by atoms with Crippen molar-refractivity contribution in [3.05, 3.63) is 29.8 Å². The standard InChI is InChI=1S/C18H26BrNO6S/c1-13-5-7-14(8-6-13)27(22,23)25-10-9-24-16-12-20(11-15(16)19)17(21)26-18(2,3)4/h5-8,15-16H,9-12H2,1-4H3. The Hall–Kier alpha value is -1.16. The van der Waals surface area contributed by atoms with Crippen molar-refractivity contribution in [2.75, 3.05) is 26.3 Å². The van der Waals surface area contributed by atoms with Crippen molar-refractivity contribution >= 4 is 32.1 Å². The monoisotopic (exact) mass is 463 g/mol. The van der Waals surface area contributed by atoms with Crippen molar-refractivity contribution in [3.63, 3.8) is 0 Å². The van der Waals surface area contributed by atoms with Gasteiger partial charge in [-0.15, -0.1) is 0 Å². The zero-order valence-corrected chi connectivity index (χ0v) is 18.4. The molecule has 0 radical (unpaired) electrons. The molecule has 2 rings (SSSR count). The van der Waals surface area contributed by atoms with Gasteiger partial charge in [-0.25, -0.2) is 4.79 Å². The fraction of sp³-hybridized carbons (Fsp3) is 0.611. The highest BCUT2D eigenvalue weighted by molar-refractivity contribution is 9.09. The van der Waals surface area contributed by atoms with Gasteiger partial charge in [0.1, 0.15) is 5.60 Å². The Bertz CT molecular complexity index is 744. The first-order valence-electron chi connectivity index (χ1n) is 8.68. The van der Waals surface area contributed by atoms with Crippen LogP contribution in [0.2, 0.25) is 0 Å². The SMILES string of the molecule is Cc1ccc(S(=O)(=O)OCCOC2CN(C(=O)OC(C)(C)C)CC2Br)cc1. The Labute approximate surface area is 169 Å². The second kappa shape index (κ2) is 8.89. The van der Waals surface area contributed by atoms with Crippen LogP contribution in [0.15, 0.2) is 29.2 Å². The summed E-state index contributed by atoms with van der Waals surface area (Å²) in [4.78, 5) is 13.7. The lowest BCUT2D eigenvalue weighted by atomic mass is 10.2. The number of amides is 1. The van der Waals surface area contributed by atoms with Crippen molar-refractivity contribution < 1.29 is 26.9 Å². The molecule has 0 bridgehead atoms. The summed E-state index contributed by atoms with van der Waals surface area (Å²) < 4.78 is 40.3. The molecule has 1 saturated heterocycles. The average molecular weight is 464 g/mol. The van der Waals surface area contributed by atoms with Gasteiger partial charge in [0, 0.05) is 6.54 Å². The number of carbonyl (C=O) groups is 1. The number of carbonyl (C=O) groups excluding carboxylic acids is 1. The number of halogens is 1. The van der Waals surface area contributed by atoms with E-state index >= 15 is 0 Å². The van der Waals surface area contributed by atoms with E-state index in [-0.39, 0.29) is 29.0 Å². The summed E-state index contributed by atoms with van der Waals surface area (Å²) in [6.07, 6.45) is -0.653. The van der Waals surface area contributed by atoms with E-state index < -0.39 is 21.8 Å². The Morgan fingerprint density at radius 3 is 2.41 bits per heavy atom. The Balaban J connectivity index is 1.78. The predicted molar refractivity (Wildman–Crippen MR) is 105 cm³/mol. The molecule has 1 aliphatic rings. The fourth-order valence-electron chi connectivity index (χ4n) is 2.48. The maximum atomic E-state index is 12.1. The smallest absolute Gasteiger partial charge is 0.410 e. The van der Waals surface area contributed by atoms with Gasteiger partial charge >= 0.3 is 6.09 Å². The van der Waals surface area contributed by atoms with Gasteiger partial charge < -0.3 is 14.4 Å². The highest BCUT2D eigenvalue weighted by Crippen LogP contribution is 2.23. The molecule has 1 heterocycles. The van der Waals surface area contributed by atoms with Gasteiger partial charge in [0.2, 0.25) is 0 Å². The van der Waals surface area contributed by atoms with Gasteiger partial charge in [-0.3, -0.25) is 4.18 Å². The van der Waals surface area contributed by atoms with E-state index in [9.17, 15) is 13.2 Å². The Morgan fingerprint density at radius 2 is 1.81 bits per heavy atom. The highest BCUT2D eigenvalue weighted by atomic mass is 79.9. The highest BCUT2D eigenvalue weighted by Gasteiger charge is 2.36. The maximum Gasteiger partial charge on any atom is 0.410 e. The van der Waals surface area contributed by atoms with Gasteiger partial charge in [0.15, 0.2) is 0 Å². The predicted octanol–water partition coefficient (Wildman–Crippen LogP) is 3.10. The van der Waals surface area contributed by atoms with Crippen LogP contribution in [0, 0.1) is 6.92 Å². The first-order valence-corrected chi connectivity index (χ1v) is 11.0. The molecule has 2 unspecified atom stereocenters. The molecule has 152 valence electrons. The van der Waals surface area contributed by atoms with E-state index in [4.69, 9.17) is 13.7 Å². The van der Waals surface area contributed by atoms with Crippen LogP contribution in [0.5, 0.6) is 0 Å². The van der Waals surface area contributed by atoms with E-state index in [0.717, 1.165) is 5.56 Å². The summed E-state index contributed by atoms with van der Waals surface area (Å²) in [5.41, 5.74) is 0.409. The lowest BCUT2D eigenvalue weighted by Gasteiger charge is -2.24. The van der Waals surface area contributed by atoms with Crippen molar-refractivity contribution in [2.45, 2.75) is 49.1 Å². The molecule has 1 aromatic rings. The molecule has 1 aliphatic heterocycles. The van der Waals surface area contributed by atoms with Crippen molar-refractivity contribution in [2.24, 2.45) is 0 Å². The number of likely N-dealkylation sites (tertiary alicyclic amines) is 1. The molecule has 7 nitrogen and oxygen atoms in total. The number of rotatable bonds is 6. The molecule has 0 aliphatic carbocycles. The van der Waals surface area contributed by atoms with E-state index in [1.807, 2.05) is 27.7 Å². The summed E-state index contributed by atoms with van der Waals surface area (Å²) in [6, 6.07) is 6.45. The lowest BCUT2D eigenvalue weighted by molar-refractivity contribution is 0.0180. The van der Waals surface area contributed by atoms with Crippen LogP contribution >= 0.6 is 15.9 Å². The summed E-state index contributed by atoms with van der Waals surface area (Å²) in [7, 11) is -3.81.